The Labute approximate surface area is 124 Å². The highest BCUT2D eigenvalue weighted by molar-refractivity contribution is 5.87. The largest absolute Gasteiger partial charge is 0.482 e. The highest BCUT2D eigenvalue weighted by Crippen LogP contribution is 2.16. The van der Waals surface area contributed by atoms with Crippen LogP contribution < -0.4 is 15.4 Å². The van der Waals surface area contributed by atoms with Gasteiger partial charge in [0.2, 0.25) is 5.91 Å². The maximum absolute atomic E-state index is 11.7. The van der Waals surface area contributed by atoms with Gasteiger partial charge in [-0.3, -0.25) is 9.59 Å². The Kier molecular flexibility index (Phi) is 6.75. The fourth-order valence-corrected chi connectivity index (χ4v) is 1.58. The summed E-state index contributed by atoms with van der Waals surface area (Å²) in [6, 6.07) is 8.01. The Bertz CT molecular complexity index is 537. The highest BCUT2D eigenvalue weighted by atomic mass is 16.5. The molecule has 1 aromatic carbocycles. The van der Waals surface area contributed by atoms with Crippen LogP contribution in [0.1, 0.15) is 25.8 Å². The predicted octanol–water partition coefficient (Wildman–Crippen LogP) is 0.968. The van der Waals surface area contributed by atoms with Gasteiger partial charge in [-0.15, -0.1) is 0 Å². The zero-order chi connectivity index (χ0) is 15.7. The van der Waals surface area contributed by atoms with E-state index < -0.39 is 11.9 Å². The lowest BCUT2D eigenvalue weighted by Gasteiger charge is -2.14. The van der Waals surface area contributed by atoms with Crippen LogP contribution >= 0.6 is 0 Å². The minimum Gasteiger partial charge on any atom is -0.482 e. The van der Waals surface area contributed by atoms with Gasteiger partial charge in [0, 0.05) is 6.54 Å². The number of nitrogens with zero attached hydrogens (tertiary/aromatic N) is 1. The van der Waals surface area contributed by atoms with E-state index in [1.165, 1.54) is 0 Å². The zero-order valence-corrected chi connectivity index (χ0v) is 12.2. The molecule has 0 bridgehead atoms. The second-order valence-corrected chi connectivity index (χ2v) is 4.48. The summed E-state index contributed by atoms with van der Waals surface area (Å²) in [4.78, 5) is 23.3. The number of carbonyl (C=O) groups excluding carboxylic acids is 2. The fraction of sp³-hybridized carbons (Fsp3) is 0.400. The SMILES string of the molecule is CCCNC(=O)C(C)NC(=O)COc1ccccc1C#N. The Morgan fingerprint density at radius 3 is 2.76 bits per heavy atom. The van der Waals surface area contributed by atoms with Crippen molar-refractivity contribution in [1.29, 1.82) is 5.26 Å². The molecule has 6 nitrogen and oxygen atoms in total. The van der Waals surface area contributed by atoms with Crippen LogP contribution in [0.4, 0.5) is 0 Å². The molecular weight excluding hydrogens is 270 g/mol. The Morgan fingerprint density at radius 2 is 2.10 bits per heavy atom. The number of hydrogen-bond donors (Lipinski definition) is 2. The minimum atomic E-state index is -0.626. The maximum Gasteiger partial charge on any atom is 0.258 e. The molecule has 0 radical (unpaired) electrons. The molecule has 0 saturated carbocycles. The van der Waals surface area contributed by atoms with Crippen molar-refractivity contribution in [2.24, 2.45) is 0 Å². The molecule has 1 atom stereocenters. The third-order valence-electron chi connectivity index (χ3n) is 2.69. The number of rotatable bonds is 7. The molecule has 0 fully saturated rings. The van der Waals surface area contributed by atoms with Crippen LogP contribution in [0.3, 0.4) is 0 Å². The van der Waals surface area contributed by atoms with Gasteiger partial charge in [-0.25, -0.2) is 0 Å². The second-order valence-electron chi connectivity index (χ2n) is 4.48. The van der Waals surface area contributed by atoms with Gasteiger partial charge in [0.15, 0.2) is 6.61 Å². The minimum absolute atomic E-state index is 0.234. The monoisotopic (exact) mass is 289 g/mol. The molecule has 6 heteroatoms. The standard InChI is InChI=1S/C15H19N3O3/c1-3-8-17-15(20)11(2)18-14(19)10-21-13-7-5-4-6-12(13)9-16/h4-7,11H,3,8,10H2,1-2H3,(H,17,20)(H,18,19). The van der Waals surface area contributed by atoms with Crippen LogP contribution in [0, 0.1) is 11.3 Å². The molecule has 1 rings (SSSR count). The van der Waals surface area contributed by atoms with Crippen LogP contribution in [-0.2, 0) is 9.59 Å². The molecule has 0 saturated heterocycles. The Hall–Kier alpha value is -2.55. The number of benzene rings is 1. The van der Waals surface area contributed by atoms with E-state index >= 15 is 0 Å². The van der Waals surface area contributed by atoms with Crippen LogP contribution in [0.5, 0.6) is 5.75 Å². The third-order valence-corrected chi connectivity index (χ3v) is 2.69. The molecular formula is C15H19N3O3. The lowest BCUT2D eigenvalue weighted by Crippen LogP contribution is -2.46. The van der Waals surface area contributed by atoms with Gasteiger partial charge in [0.25, 0.3) is 5.91 Å². The van der Waals surface area contributed by atoms with Crippen LogP contribution in [0.15, 0.2) is 24.3 Å². The van der Waals surface area contributed by atoms with Gasteiger partial charge < -0.3 is 15.4 Å². The topological polar surface area (TPSA) is 91.2 Å². The number of hydrogen-bond acceptors (Lipinski definition) is 4. The van der Waals surface area contributed by atoms with Crippen molar-refractivity contribution in [1.82, 2.24) is 10.6 Å². The molecule has 0 spiro atoms. The first-order chi connectivity index (χ1) is 10.1. The number of para-hydroxylation sites is 1. The van der Waals surface area contributed by atoms with E-state index in [4.69, 9.17) is 10.00 Å². The first-order valence-electron chi connectivity index (χ1n) is 6.77. The van der Waals surface area contributed by atoms with E-state index in [0.29, 0.717) is 17.9 Å². The van der Waals surface area contributed by atoms with Gasteiger partial charge in [-0.05, 0) is 25.5 Å². The number of amides is 2. The van der Waals surface area contributed by atoms with Crippen LogP contribution in [0.2, 0.25) is 0 Å². The van der Waals surface area contributed by atoms with Crippen LogP contribution in [-0.4, -0.2) is 31.0 Å². The highest BCUT2D eigenvalue weighted by Gasteiger charge is 2.15. The van der Waals surface area contributed by atoms with Gasteiger partial charge >= 0.3 is 0 Å². The zero-order valence-electron chi connectivity index (χ0n) is 12.2. The predicted molar refractivity (Wildman–Crippen MR) is 77.6 cm³/mol. The van der Waals surface area contributed by atoms with Crippen molar-refractivity contribution in [3.8, 4) is 11.8 Å². The first kappa shape index (κ1) is 16.5. The summed E-state index contributed by atoms with van der Waals surface area (Å²) < 4.78 is 5.29. The molecule has 0 aliphatic rings. The van der Waals surface area contributed by atoms with E-state index in [2.05, 4.69) is 10.6 Å². The maximum atomic E-state index is 11.7. The summed E-state index contributed by atoms with van der Waals surface area (Å²) in [5.74, 6) is -0.303. The van der Waals surface area contributed by atoms with Gasteiger partial charge in [0.05, 0.1) is 5.56 Å². The number of ether oxygens (including phenoxy) is 1. The van der Waals surface area contributed by atoms with Gasteiger partial charge in [0.1, 0.15) is 17.9 Å². The van der Waals surface area contributed by atoms with Crippen molar-refractivity contribution in [3.63, 3.8) is 0 Å². The summed E-state index contributed by atoms with van der Waals surface area (Å²) in [6.45, 7) is 3.88. The summed E-state index contributed by atoms with van der Waals surface area (Å²) in [7, 11) is 0. The summed E-state index contributed by atoms with van der Waals surface area (Å²) in [5.41, 5.74) is 0.360. The molecule has 112 valence electrons. The lowest BCUT2D eigenvalue weighted by atomic mass is 10.2. The van der Waals surface area contributed by atoms with Crippen molar-refractivity contribution >= 4 is 11.8 Å². The van der Waals surface area contributed by atoms with Crippen molar-refractivity contribution in [3.05, 3.63) is 29.8 Å². The summed E-state index contributed by atoms with van der Waals surface area (Å²) in [6.07, 6.45) is 0.834. The van der Waals surface area contributed by atoms with Crippen molar-refractivity contribution < 1.29 is 14.3 Å². The quantitative estimate of drug-likeness (QED) is 0.782. The second kappa shape index (κ2) is 8.59. The molecule has 2 N–H and O–H groups in total. The molecule has 0 aromatic heterocycles. The average molecular weight is 289 g/mol. The average Bonchev–Trinajstić information content (AvgIpc) is 2.50. The third kappa shape index (κ3) is 5.53. The lowest BCUT2D eigenvalue weighted by molar-refractivity contribution is -0.129. The van der Waals surface area contributed by atoms with E-state index in [-0.39, 0.29) is 12.5 Å². The Morgan fingerprint density at radius 1 is 1.38 bits per heavy atom. The molecule has 21 heavy (non-hydrogen) atoms. The van der Waals surface area contributed by atoms with Gasteiger partial charge in [-0.1, -0.05) is 19.1 Å². The van der Waals surface area contributed by atoms with E-state index in [1.807, 2.05) is 13.0 Å². The summed E-state index contributed by atoms with van der Waals surface area (Å²) >= 11 is 0. The summed E-state index contributed by atoms with van der Waals surface area (Å²) in [5, 5.41) is 14.1. The van der Waals surface area contributed by atoms with E-state index in [9.17, 15) is 9.59 Å². The Balaban J connectivity index is 2.44. The first-order valence-corrected chi connectivity index (χ1v) is 6.77. The molecule has 0 heterocycles. The number of carbonyl (C=O) groups is 2. The normalized spacial score (nSPS) is 11.1. The molecule has 2 amide bonds. The fourth-order valence-electron chi connectivity index (χ4n) is 1.58. The van der Waals surface area contributed by atoms with Crippen molar-refractivity contribution in [2.75, 3.05) is 13.2 Å². The molecule has 1 unspecified atom stereocenters. The van der Waals surface area contributed by atoms with Crippen molar-refractivity contribution in [2.45, 2.75) is 26.3 Å². The van der Waals surface area contributed by atoms with Gasteiger partial charge in [-0.2, -0.15) is 5.26 Å². The van der Waals surface area contributed by atoms with E-state index in [0.717, 1.165) is 6.42 Å². The molecule has 0 aliphatic carbocycles. The molecule has 1 aromatic rings. The molecule has 0 aliphatic heterocycles. The number of nitriles is 1. The number of nitrogens with one attached hydrogen (secondary N) is 2. The smallest absolute Gasteiger partial charge is 0.258 e. The van der Waals surface area contributed by atoms with Crippen LogP contribution in [0.25, 0.3) is 0 Å². The van der Waals surface area contributed by atoms with E-state index in [1.54, 1.807) is 31.2 Å².